The monoisotopic (exact) mass is 360 g/mol. The van der Waals surface area contributed by atoms with Crippen molar-refractivity contribution in [2.75, 3.05) is 7.11 Å². The number of nitrogens with one attached hydrogen (secondary N) is 2. The summed E-state index contributed by atoms with van der Waals surface area (Å²) in [4.78, 5) is 23.7. The fourth-order valence-corrected chi connectivity index (χ4v) is 2.61. The molecule has 128 valence electrons. The van der Waals surface area contributed by atoms with E-state index in [1.54, 1.807) is 12.1 Å². The van der Waals surface area contributed by atoms with Gasteiger partial charge in [0.1, 0.15) is 6.04 Å². The Bertz CT molecular complexity index is 564. The minimum atomic E-state index is -0.661. The predicted molar refractivity (Wildman–Crippen MR) is 91.9 cm³/mol. The molecule has 23 heavy (non-hydrogen) atoms. The van der Waals surface area contributed by atoms with E-state index in [1.807, 2.05) is 26.8 Å². The van der Waals surface area contributed by atoms with Gasteiger partial charge in [-0.15, -0.1) is 0 Å². The molecule has 0 aliphatic heterocycles. The van der Waals surface area contributed by atoms with Crippen molar-refractivity contribution in [3.05, 3.63) is 33.8 Å². The van der Waals surface area contributed by atoms with E-state index in [0.29, 0.717) is 16.5 Å². The molecule has 7 heteroatoms. The number of carbonyl (C=O) groups excluding carboxylic acids is 2. The molecule has 1 aromatic rings. The lowest BCUT2D eigenvalue weighted by Gasteiger charge is -2.23. The van der Waals surface area contributed by atoms with Crippen molar-refractivity contribution >= 4 is 35.2 Å². The highest BCUT2D eigenvalue weighted by Crippen LogP contribution is 2.22. The summed E-state index contributed by atoms with van der Waals surface area (Å²) >= 11 is 12.0. The summed E-state index contributed by atoms with van der Waals surface area (Å²) in [5, 5.41) is 6.55. The molecule has 1 rings (SSSR count). The van der Waals surface area contributed by atoms with Crippen LogP contribution in [0, 0.1) is 5.92 Å². The van der Waals surface area contributed by atoms with Crippen LogP contribution in [0.3, 0.4) is 0 Å². The number of rotatable bonds is 6. The van der Waals surface area contributed by atoms with E-state index in [0.717, 1.165) is 5.56 Å². The molecular formula is C16H22Cl2N2O3. The molecule has 0 spiro atoms. The van der Waals surface area contributed by atoms with Gasteiger partial charge in [-0.25, -0.2) is 4.79 Å². The predicted octanol–water partition coefficient (Wildman–Crippen LogP) is 3.42. The fourth-order valence-electron chi connectivity index (χ4n) is 2.12. The summed E-state index contributed by atoms with van der Waals surface area (Å²) in [6.07, 6.45) is -0.0719. The Morgan fingerprint density at radius 3 is 2.35 bits per heavy atom. The standard InChI is InChI=1S/C16H22Cl2N2O3/c1-9(2)14(20-16(22)23-4)15(21)19-10(3)7-11-5-6-12(17)8-13(11)18/h5-6,8-10,14H,7H2,1-4H3,(H,19,21)(H,20,22). The molecule has 0 saturated heterocycles. The number of alkyl carbamates (subject to hydrolysis) is 1. The average Bonchev–Trinajstić information content (AvgIpc) is 2.46. The van der Waals surface area contributed by atoms with Crippen LogP contribution in [0.1, 0.15) is 26.3 Å². The van der Waals surface area contributed by atoms with Gasteiger partial charge in [0, 0.05) is 16.1 Å². The second kappa shape index (κ2) is 8.99. The van der Waals surface area contributed by atoms with E-state index in [2.05, 4.69) is 15.4 Å². The summed E-state index contributed by atoms with van der Waals surface area (Å²) in [6.45, 7) is 5.57. The molecular weight excluding hydrogens is 339 g/mol. The van der Waals surface area contributed by atoms with Crippen LogP contribution >= 0.6 is 23.2 Å². The summed E-state index contributed by atoms with van der Waals surface area (Å²) in [6, 6.07) is 4.45. The van der Waals surface area contributed by atoms with E-state index < -0.39 is 12.1 Å². The van der Waals surface area contributed by atoms with Gasteiger partial charge < -0.3 is 15.4 Å². The number of hydrogen-bond donors (Lipinski definition) is 2. The SMILES string of the molecule is COC(=O)NC(C(=O)NC(C)Cc1ccc(Cl)cc1Cl)C(C)C. The first-order valence-corrected chi connectivity index (χ1v) is 8.09. The van der Waals surface area contributed by atoms with Crippen molar-refractivity contribution in [1.82, 2.24) is 10.6 Å². The van der Waals surface area contributed by atoms with Crippen molar-refractivity contribution in [2.24, 2.45) is 5.92 Å². The highest BCUT2D eigenvalue weighted by Gasteiger charge is 2.25. The molecule has 2 amide bonds. The van der Waals surface area contributed by atoms with Crippen molar-refractivity contribution in [2.45, 2.75) is 39.3 Å². The zero-order valence-electron chi connectivity index (χ0n) is 13.7. The number of methoxy groups -OCH3 is 1. The molecule has 0 radical (unpaired) electrons. The molecule has 0 aliphatic rings. The lowest BCUT2D eigenvalue weighted by atomic mass is 10.0. The lowest BCUT2D eigenvalue weighted by Crippen LogP contribution is -2.51. The normalized spacial score (nSPS) is 13.3. The Balaban J connectivity index is 2.68. The van der Waals surface area contributed by atoms with Gasteiger partial charge in [-0.3, -0.25) is 4.79 Å². The number of amides is 2. The van der Waals surface area contributed by atoms with Gasteiger partial charge in [-0.1, -0.05) is 43.1 Å². The molecule has 1 aromatic carbocycles. The zero-order chi connectivity index (χ0) is 17.6. The first-order valence-electron chi connectivity index (χ1n) is 7.33. The quantitative estimate of drug-likeness (QED) is 0.816. The summed E-state index contributed by atoms with van der Waals surface area (Å²) in [7, 11) is 1.26. The van der Waals surface area contributed by atoms with Crippen molar-refractivity contribution < 1.29 is 14.3 Å². The van der Waals surface area contributed by atoms with E-state index >= 15 is 0 Å². The Kier molecular flexibility index (Phi) is 7.65. The van der Waals surface area contributed by atoms with Gasteiger partial charge in [-0.05, 0) is 37.0 Å². The van der Waals surface area contributed by atoms with Gasteiger partial charge in [0.25, 0.3) is 0 Å². The molecule has 5 nitrogen and oxygen atoms in total. The first-order chi connectivity index (χ1) is 10.7. The largest absolute Gasteiger partial charge is 0.453 e. The van der Waals surface area contributed by atoms with Crippen LogP contribution in [0.5, 0.6) is 0 Å². The number of hydrogen-bond acceptors (Lipinski definition) is 3. The number of carbonyl (C=O) groups is 2. The maximum Gasteiger partial charge on any atom is 0.407 e. The number of benzene rings is 1. The first kappa shape index (κ1) is 19.6. The highest BCUT2D eigenvalue weighted by atomic mass is 35.5. The van der Waals surface area contributed by atoms with Crippen molar-refractivity contribution in [1.29, 1.82) is 0 Å². The zero-order valence-corrected chi connectivity index (χ0v) is 15.2. The Hall–Kier alpha value is -1.46. The van der Waals surface area contributed by atoms with Crippen LogP contribution < -0.4 is 10.6 Å². The van der Waals surface area contributed by atoms with Gasteiger partial charge >= 0.3 is 6.09 Å². The van der Waals surface area contributed by atoms with Crippen LogP contribution in [0.25, 0.3) is 0 Å². The Morgan fingerprint density at radius 2 is 1.83 bits per heavy atom. The molecule has 2 atom stereocenters. The topological polar surface area (TPSA) is 67.4 Å². The van der Waals surface area contributed by atoms with Crippen LogP contribution in [0.4, 0.5) is 4.79 Å². The maximum atomic E-state index is 12.3. The lowest BCUT2D eigenvalue weighted by molar-refractivity contribution is -0.124. The molecule has 0 aromatic heterocycles. The van der Waals surface area contributed by atoms with Gasteiger partial charge in [0.2, 0.25) is 5.91 Å². The second-order valence-electron chi connectivity index (χ2n) is 5.71. The minimum absolute atomic E-state index is 0.0691. The van der Waals surface area contributed by atoms with Crippen LogP contribution in [0.2, 0.25) is 10.0 Å². The third-order valence-corrected chi connectivity index (χ3v) is 3.92. The number of halogens is 2. The molecule has 2 unspecified atom stereocenters. The number of ether oxygens (including phenoxy) is 1. The Morgan fingerprint density at radius 1 is 1.17 bits per heavy atom. The molecule has 0 heterocycles. The molecule has 0 aliphatic carbocycles. The van der Waals surface area contributed by atoms with Crippen molar-refractivity contribution in [3.63, 3.8) is 0 Å². The second-order valence-corrected chi connectivity index (χ2v) is 6.55. The van der Waals surface area contributed by atoms with E-state index in [4.69, 9.17) is 23.2 Å². The molecule has 0 fully saturated rings. The molecule has 0 saturated carbocycles. The highest BCUT2D eigenvalue weighted by molar-refractivity contribution is 6.35. The minimum Gasteiger partial charge on any atom is -0.453 e. The summed E-state index contributed by atoms with van der Waals surface area (Å²) < 4.78 is 4.55. The average molecular weight is 361 g/mol. The molecule has 0 bridgehead atoms. The third kappa shape index (κ3) is 6.28. The third-order valence-electron chi connectivity index (χ3n) is 3.34. The van der Waals surface area contributed by atoms with Gasteiger partial charge in [0.15, 0.2) is 0 Å². The van der Waals surface area contributed by atoms with Crippen molar-refractivity contribution in [3.8, 4) is 0 Å². The molecule has 2 N–H and O–H groups in total. The maximum absolute atomic E-state index is 12.3. The van der Waals surface area contributed by atoms with Crippen LogP contribution in [0.15, 0.2) is 18.2 Å². The fraction of sp³-hybridized carbons (Fsp3) is 0.500. The van der Waals surface area contributed by atoms with E-state index in [-0.39, 0.29) is 17.9 Å². The smallest absolute Gasteiger partial charge is 0.407 e. The van der Waals surface area contributed by atoms with Gasteiger partial charge in [0.05, 0.1) is 7.11 Å². The summed E-state index contributed by atoms with van der Waals surface area (Å²) in [5.74, 6) is -0.330. The summed E-state index contributed by atoms with van der Waals surface area (Å²) in [5.41, 5.74) is 0.894. The van der Waals surface area contributed by atoms with Gasteiger partial charge in [-0.2, -0.15) is 0 Å². The van der Waals surface area contributed by atoms with Crippen LogP contribution in [-0.4, -0.2) is 31.2 Å². The van der Waals surface area contributed by atoms with Crippen LogP contribution in [-0.2, 0) is 16.0 Å². The Labute approximate surface area is 146 Å². The van der Waals surface area contributed by atoms with E-state index in [1.165, 1.54) is 7.11 Å². The van der Waals surface area contributed by atoms with E-state index in [9.17, 15) is 9.59 Å².